The van der Waals surface area contributed by atoms with Gasteiger partial charge >= 0.3 is 0 Å². The summed E-state index contributed by atoms with van der Waals surface area (Å²) in [5, 5.41) is 5.04. The Hall–Kier alpha value is -3.77. The molecule has 0 radical (unpaired) electrons. The molecule has 31 heavy (non-hydrogen) atoms. The molecular weight excluding hydrogens is 408 g/mol. The third kappa shape index (κ3) is 4.25. The van der Waals surface area contributed by atoms with Crippen LogP contribution >= 0.6 is 0 Å². The molecule has 5 nitrogen and oxygen atoms in total. The Balaban J connectivity index is 1.84. The summed E-state index contributed by atoms with van der Waals surface area (Å²) in [5.74, 6) is -0.666. The smallest absolute Gasteiger partial charge is 0.229 e. The van der Waals surface area contributed by atoms with Gasteiger partial charge in [0, 0.05) is 5.56 Å². The van der Waals surface area contributed by atoms with E-state index in [0.29, 0.717) is 11.1 Å². The van der Waals surface area contributed by atoms with Gasteiger partial charge < -0.3 is 0 Å². The lowest BCUT2D eigenvalue weighted by molar-refractivity contribution is 0.107. The molecule has 1 N–H and O–H groups in total. The molecule has 0 unspecified atom stereocenters. The van der Waals surface area contributed by atoms with Gasteiger partial charge in [0.1, 0.15) is 0 Å². The zero-order valence-electron chi connectivity index (χ0n) is 16.8. The lowest BCUT2D eigenvalue weighted by Crippen LogP contribution is -2.26. The third-order valence-electron chi connectivity index (χ3n) is 4.87. The summed E-state index contributed by atoms with van der Waals surface area (Å²) >= 11 is 0. The number of carbonyl (C=O) groups excluding carboxylic acids is 1. The van der Waals surface area contributed by atoms with Crippen molar-refractivity contribution >= 4 is 37.1 Å². The van der Waals surface area contributed by atoms with E-state index in [1.807, 2.05) is 43.3 Å². The number of hydrogen-bond acceptors (Lipinski definition) is 5. The first-order valence-corrected chi connectivity index (χ1v) is 11.2. The van der Waals surface area contributed by atoms with Crippen molar-refractivity contribution in [2.24, 2.45) is 5.10 Å². The van der Waals surface area contributed by atoms with Gasteiger partial charge in [0.2, 0.25) is 20.7 Å². The fourth-order valence-corrected chi connectivity index (χ4v) is 4.48. The van der Waals surface area contributed by atoms with Crippen LogP contribution in [0.3, 0.4) is 0 Å². The Morgan fingerprint density at radius 2 is 1.42 bits per heavy atom. The van der Waals surface area contributed by atoms with Gasteiger partial charge in [-0.25, -0.2) is 8.42 Å². The average Bonchev–Trinajstić information content (AvgIpc) is 2.80. The molecule has 0 saturated heterocycles. The number of anilines is 1. The SMILES string of the molecule is Cc1ccc(N/N=C(/C(=O)c2cccc3ccccc23)S(=O)(=O)c2ccccc2)cc1. The van der Waals surface area contributed by atoms with Gasteiger partial charge in [0.25, 0.3) is 0 Å². The first-order chi connectivity index (χ1) is 15.0. The van der Waals surface area contributed by atoms with Crippen molar-refractivity contribution in [2.45, 2.75) is 11.8 Å². The minimum atomic E-state index is -4.16. The van der Waals surface area contributed by atoms with Crippen molar-refractivity contribution in [3.05, 3.63) is 108 Å². The highest BCUT2D eigenvalue weighted by molar-refractivity contribution is 8.08. The monoisotopic (exact) mass is 428 g/mol. The fourth-order valence-electron chi connectivity index (χ4n) is 3.23. The van der Waals surface area contributed by atoms with E-state index in [-0.39, 0.29) is 10.5 Å². The highest BCUT2D eigenvalue weighted by atomic mass is 32.2. The summed E-state index contributed by atoms with van der Waals surface area (Å²) in [7, 11) is -4.16. The number of Topliss-reactive ketones (excluding diaryl/α,β-unsaturated/α-hetero) is 1. The summed E-state index contributed by atoms with van der Waals surface area (Å²) in [6, 6.07) is 27.7. The number of benzene rings is 4. The van der Waals surface area contributed by atoms with Crippen molar-refractivity contribution in [3.8, 4) is 0 Å². The summed E-state index contributed by atoms with van der Waals surface area (Å²) in [4.78, 5) is 13.5. The summed E-state index contributed by atoms with van der Waals surface area (Å²) in [6.07, 6.45) is 0. The molecular formula is C25H20N2O3S. The van der Waals surface area contributed by atoms with E-state index < -0.39 is 20.7 Å². The Morgan fingerprint density at radius 3 is 2.16 bits per heavy atom. The number of ketones is 1. The third-order valence-corrected chi connectivity index (χ3v) is 6.55. The van der Waals surface area contributed by atoms with Gasteiger partial charge in [0.05, 0.1) is 10.6 Å². The molecule has 0 saturated carbocycles. The van der Waals surface area contributed by atoms with Crippen LogP contribution in [0.1, 0.15) is 15.9 Å². The summed E-state index contributed by atoms with van der Waals surface area (Å²) in [5.41, 5.74) is 4.65. The number of fused-ring (bicyclic) bond motifs is 1. The molecule has 0 spiro atoms. The van der Waals surface area contributed by atoms with Gasteiger partial charge in [0.15, 0.2) is 0 Å². The second-order valence-electron chi connectivity index (χ2n) is 7.07. The van der Waals surface area contributed by atoms with E-state index in [1.54, 1.807) is 48.5 Å². The molecule has 6 heteroatoms. The number of carbonyl (C=O) groups is 1. The second kappa shape index (κ2) is 8.53. The molecule has 4 aromatic carbocycles. The number of aryl methyl sites for hydroxylation is 1. The number of sulfone groups is 1. The maximum atomic E-state index is 13.5. The lowest BCUT2D eigenvalue weighted by Gasteiger charge is -2.11. The van der Waals surface area contributed by atoms with E-state index >= 15 is 0 Å². The largest absolute Gasteiger partial charge is 0.286 e. The minimum Gasteiger partial charge on any atom is -0.286 e. The maximum Gasteiger partial charge on any atom is 0.229 e. The summed E-state index contributed by atoms with van der Waals surface area (Å²) < 4.78 is 26.7. The Labute approximate surface area is 181 Å². The molecule has 4 aromatic rings. The number of hydrogen-bond donors (Lipinski definition) is 1. The van der Waals surface area contributed by atoms with Crippen LogP contribution in [0.4, 0.5) is 5.69 Å². The molecule has 0 amide bonds. The van der Waals surface area contributed by atoms with E-state index in [1.165, 1.54) is 12.1 Å². The van der Waals surface area contributed by atoms with Crippen LogP contribution in [0.5, 0.6) is 0 Å². The predicted molar refractivity (Wildman–Crippen MR) is 124 cm³/mol. The van der Waals surface area contributed by atoms with Gasteiger partial charge in [-0.2, -0.15) is 5.10 Å². The number of nitrogens with zero attached hydrogens (tertiary/aromatic N) is 1. The van der Waals surface area contributed by atoms with Gasteiger partial charge in [-0.3, -0.25) is 10.2 Å². The quantitative estimate of drug-likeness (QED) is 0.204. The van der Waals surface area contributed by atoms with E-state index in [0.717, 1.165) is 10.9 Å². The molecule has 4 rings (SSSR count). The normalized spacial score (nSPS) is 12.0. The van der Waals surface area contributed by atoms with Crippen molar-refractivity contribution in [1.82, 2.24) is 0 Å². The standard InChI is InChI=1S/C25H20N2O3S/c1-18-14-16-20(17-15-18)26-27-25(31(29,30)21-10-3-2-4-11-21)24(28)23-13-7-9-19-8-5-6-12-22(19)23/h2-17,26H,1H3/b27-25-. The molecule has 0 aliphatic rings. The number of nitrogens with one attached hydrogen (secondary N) is 1. The number of hydrazone groups is 1. The zero-order chi connectivity index (χ0) is 21.8. The lowest BCUT2D eigenvalue weighted by atomic mass is 10.0. The van der Waals surface area contributed by atoms with Crippen LogP contribution in [0.25, 0.3) is 10.8 Å². The highest BCUT2D eigenvalue weighted by Crippen LogP contribution is 2.22. The Bertz CT molecular complexity index is 1370. The first-order valence-electron chi connectivity index (χ1n) is 9.70. The minimum absolute atomic E-state index is 0.00745. The van der Waals surface area contributed by atoms with Crippen LogP contribution in [0.2, 0.25) is 0 Å². The van der Waals surface area contributed by atoms with E-state index in [4.69, 9.17) is 0 Å². The maximum absolute atomic E-state index is 13.5. The molecule has 0 bridgehead atoms. The van der Waals surface area contributed by atoms with Crippen molar-refractivity contribution in [3.63, 3.8) is 0 Å². The van der Waals surface area contributed by atoms with Crippen LogP contribution in [-0.4, -0.2) is 19.2 Å². The van der Waals surface area contributed by atoms with Crippen LogP contribution in [0.15, 0.2) is 107 Å². The average molecular weight is 429 g/mol. The fraction of sp³-hybridized carbons (Fsp3) is 0.0400. The predicted octanol–water partition coefficient (Wildman–Crippen LogP) is 5.23. The van der Waals surface area contributed by atoms with Gasteiger partial charge in [-0.05, 0) is 42.0 Å². The molecule has 0 aliphatic carbocycles. The zero-order valence-corrected chi connectivity index (χ0v) is 17.6. The molecule has 0 fully saturated rings. The van der Waals surface area contributed by atoms with Crippen LogP contribution in [0, 0.1) is 6.92 Å². The second-order valence-corrected chi connectivity index (χ2v) is 8.93. The number of rotatable bonds is 5. The van der Waals surface area contributed by atoms with Gasteiger partial charge in [-0.1, -0.05) is 78.4 Å². The van der Waals surface area contributed by atoms with Crippen molar-refractivity contribution in [2.75, 3.05) is 5.43 Å². The Morgan fingerprint density at radius 1 is 0.774 bits per heavy atom. The topological polar surface area (TPSA) is 75.6 Å². The molecule has 0 aliphatic heterocycles. The van der Waals surface area contributed by atoms with Crippen molar-refractivity contribution < 1.29 is 13.2 Å². The van der Waals surface area contributed by atoms with E-state index in [2.05, 4.69) is 10.5 Å². The molecule has 0 aromatic heterocycles. The molecule has 154 valence electrons. The molecule has 0 atom stereocenters. The Kier molecular flexibility index (Phi) is 5.64. The van der Waals surface area contributed by atoms with E-state index in [9.17, 15) is 13.2 Å². The van der Waals surface area contributed by atoms with Crippen LogP contribution in [-0.2, 0) is 9.84 Å². The summed E-state index contributed by atoms with van der Waals surface area (Å²) in [6.45, 7) is 1.95. The van der Waals surface area contributed by atoms with Crippen molar-refractivity contribution in [1.29, 1.82) is 0 Å². The highest BCUT2D eigenvalue weighted by Gasteiger charge is 2.31. The molecule has 0 heterocycles. The van der Waals surface area contributed by atoms with Gasteiger partial charge in [-0.15, -0.1) is 0 Å². The van der Waals surface area contributed by atoms with Crippen LogP contribution < -0.4 is 5.43 Å². The first kappa shape index (κ1) is 20.5.